The second-order valence-corrected chi connectivity index (χ2v) is 12.3. The summed E-state index contributed by atoms with van der Waals surface area (Å²) in [5, 5.41) is 0.170. The van der Waals surface area contributed by atoms with Crippen LogP contribution in [0.2, 0.25) is 18.1 Å². The summed E-state index contributed by atoms with van der Waals surface area (Å²) in [4.78, 5) is 0. The first-order valence-corrected chi connectivity index (χ1v) is 11.4. The van der Waals surface area contributed by atoms with Crippen molar-refractivity contribution < 1.29 is 4.43 Å². The van der Waals surface area contributed by atoms with Crippen LogP contribution in [0.3, 0.4) is 0 Å². The van der Waals surface area contributed by atoms with E-state index in [0.29, 0.717) is 0 Å². The van der Waals surface area contributed by atoms with E-state index in [1.165, 1.54) is 5.56 Å². The number of hydrogen-bond acceptors (Lipinski definition) is 1. The van der Waals surface area contributed by atoms with Crippen molar-refractivity contribution in [1.29, 1.82) is 0 Å². The van der Waals surface area contributed by atoms with Crippen LogP contribution >= 0.6 is 0 Å². The van der Waals surface area contributed by atoms with Gasteiger partial charge in [0.15, 0.2) is 0 Å². The monoisotopic (exact) mass is 336 g/mol. The fourth-order valence-corrected chi connectivity index (χ4v) is 3.04. The predicted octanol–water partition coefficient (Wildman–Crippen LogP) is 6.76. The van der Waals surface area contributed by atoms with Gasteiger partial charge in [0, 0.05) is 0 Å². The van der Waals surface area contributed by atoms with Gasteiger partial charge in [-0.05, 0) is 41.4 Å². The molecule has 0 aliphatic rings. The van der Waals surface area contributed by atoms with Gasteiger partial charge >= 0.3 is 0 Å². The standard InChI is InChI=1S/C22H28OSi/c1-22(2,3)24(4,5)23-21(18-20-14-10-7-11-15-20)17-16-19-12-8-6-9-13-19/h6-18H,1-5H3. The van der Waals surface area contributed by atoms with E-state index in [0.717, 1.165) is 11.3 Å². The van der Waals surface area contributed by atoms with Gasteiger partial charge in [0.05, 0.1) is 0 Å². The maximum atomic E-state index is 6.54. The van der Waals surface area contributed by atoms with E-state index >= 15 is 0 Å². The Morgan fingerprint density at radius 3 is 1.83 bits per heavy atom. The Balaban J connectivity index is 2.32. The molecular formula is C22H28OSi. The average molecular weight is 337 g/mol. The molecule has 0 spiro atoms. The minimum absolute atomic E-state index is 0.170. The van der Waals surface area contributed by atoms with Gasteiger partial charge in [0.25, 0.3) is 0 Å². The smallest absolute Gasteiger partial charge is 0.250 e. The van der Waals surface area contributed by atoms with Gasteiger partial charge in [-0.15, -0.1) is 0 Å². The number of benzene rings is 2. The Bertz CT molecular complexity index is 692. The molecule has 0 aliphatic heterocycles. The summed E-state index contributed by atoms with van der Waals surface area (Å²) in [5.74, 6) is 0.927. The molecule has 0 saturated heterocycles. The zero-order valence-corrected chi connectivity index (χ0v) is 16.4. The van der Waals surface area contributed by atoms with Crippen molar-refractivity contribution in [2.45, 2.75) is 38.9 Å². The second-order valence-electron chi connectivity index (χ2n) is 7.56. The Hall–Kier alpha value is -2.06. The van der Waals surface area contributed by atoms with E-state index < -0.39 is 8.32 Å². The van der Waals surface area contributed by atoms with Gasteiger partial charge in [-0.2, -0.15) is 0 Å². The zero-order chi connectivity index (χ0) is 17.6. The zero-order valence-electron chi connectivity index (χ0n) is 15.4. The van der Waals surface area contributed by atoms with Crippen molar-refractivity contribution in [2.75, 3.05) is 0 Å². The van der Waals surface area contributed by atoms with Crippen molar-refractivity contribution in [1.82, 2.24) is 0 Å². The molecule has 0 amide bonds. The summed E-state index contributed by atoms with van der Waals surface area (Å²) < 4.78 is 6.54. The highest BCUT2D eigenvalue weighted by Gasteiger charge is 2.39. The number of rotatable bonds is 5. The van der Waals surface area contributed by atoms with Crippen LogP contribution in [-0.2, 0) is 4.43 Å². The van der Waals surface area contributed by atoms with Crippen molar-refractivity contribution >= 4 is 20.5 Å². The molecule has 0 unspecified atom stereocenters. The van der Waals surface area contributed by atoms with Crippen LogP contribution < -0.4 is 0 Å². The minimum Gasteiger partial charge on any atom is -0.543 e. The van der Waals surface area contributed by atoms with Crippen LogP contribution in [0, 0.1) is 0 Å². The lowest BCUT2D eigenvalue weighted by atomic mass is 10.1. The van der Waals surface area contributed by atoms with E-state index in [1.807, 2.05) is 12.1 Å². The van der Waals surface area contributed by atoms with Crippen molar-refractivity contribution in [2.24, 2.45) is 0 Å². The Kier molecular flexibility index (Phi) is 5.84. The summed E-state index contributed by atoms with van der Waals surface area (Å²) in [5.41, 5.74) is 2.33. The largest absolute Gasteiger partial charge is 0.543 e. The maximum Gasteiger partial charge on any atom is 0.250 e. The summed E-state index contributed by atoms with van der Waals surface area (Å²) in [7, 11) is -1.88. The van der Waals surface area contributed by atoms with Crippen molar-refractivity contribution in [3.63, 3.8) is 0 Å². The third-order valence-corrected chi connectivity index (χ3v) is 8.89. The molecule has 2 aromatic carbocycles. The molecule has 0 fully saturated rings. The molecule has 0 saturated carbocycles. The van der Waals surface area contributed by atoms with Crippen LogP contribution in [0.1, 0.15) is 31.9 Å². The Morgan fingerprint density at radius 2 is 1.33 bits per heavy atom. The normalized spacial score (nSPS) is 13.3. The molecule has 2 aromatic rings. The molecule has 0 aliphatic carbocycles. The van der Waals surface area contributed by atoms with E-state index in [9.17, 15) is 0 Å². The Labute approximate surface area is 147 Å². The van der Waals surface area contributed by atoms with Crippen LogP contribution in [0.25, 0.3) is 12.2 Å². The summed E-state index contributed by atoms with van der Waals surface area (Å²) in [6.07, 6.45) is 6.32. The van der Waals surface area contributed by atoms with E-state index in [2.05, 4.69) is 101 Å². The summed E-state index contributed by atoms with van der Waals surface area (Å²) in [6, 6.07) is 20.7. The molecule has 24 heavy (non-hydrogen) atoms. The van der Waals surface area contributed by atoms with Gasteiger partial charge in [0.2, 0.25) is 8.32 Å². The highest BCUT2D eigenvalue weighted by Crippen LogP contribution is 2.38. The fraction of sp³-hybridized carbons (Fsp3) is 0.273. The molecule has 126 valence electrons. The summed E-state index contributed by atoms with van der Waals surface area (Å²) >= 11 is 0. The molecular weight excluding hydrogens is 308 g/mol. The lowest BCUT2D eigenvalue weighted by Gasteiger charge is -2.36. The first kappa shape index (κ1) is 18.3. The first-order valence-electron chi connectivity index (χ1n) is 8.47. The molecule has 1 nitrogen and oxygen atoms in total. The molecule has 0 aromatic heterocycles. The van der Waals surface area contributed by atoms with Gasteiger partial charge < -0.3 is 4.43 Å². The van der Waals surface area contributed by atoms with Crippen LogP contribution in [0.4, 0.5) is 0 Å². The lowest BCUT2D eigenvalue weighted by molar-refractivity contribution is 0.404. The highest BCUT2D eigenvalue weighted by atomic mass is 28.4. The van der Waals surface area contributed by atoms with E-state index in [-0.39, 0.29) is 5.04 Å². The average Bonchev–Trinajstić information content (AvgIpc) is 2.53. The number of hydrogen-bond donors (Lipinski definition) is 0. The highest BCUT2D eigenvalue weighted by molar-refractivity contribution is 6.74. The summed E-state index contributed by atoms with van der Waals surface area (Å²) in [6.45, 7) is 11.4. The van der Waals surface area contributed by atoms with E-state index in [4.69, 9.17) is 4.43 Å². The minimum atomic E-state index is -1.88. The fourth-order valence-electron chi connectivity index (χ4n) is 2.02. The third-order valence-electron chi connectivity index (χ3n) is 4.53. The molecule has 0 bridgehead atoms. The molecule has 0 radical (unpaired) electrons. The SMILES string of the molecule is CC(C)(C)[Si](C)(C)OC(C=Cc1ccccc1)=Cc1ccccc1. The van der Waals surface area contributed by atoms with Gasteiger partial charge in [-0.3, -0.25) is 0 Å². The second kappa shape index (κ2) is 7.67. The van der Waals surface area contributed by atoms with Crippen molar-refractivity contribution in [3.8, 4) is 0 Å². The molecule has 2 heteroatoms. The molecule has 2 rings (SSSR count). The van der Waals surface area contributed by atoms with Crippen LogP contribution in [0.15, 0.2) is 72.5 Å². The first-order chi connectivity index (χ1) is 11.3. The number of allylic oxidation sites excluding steroid dienone is 1. The topological polar surface area (TPSA) is 9.23 Å². The molecule has 0 atom stereocenters. The maximum absolute atomic E-state index is 6.54. The van der Waals surface area contributed by atoms with Gasteiger partial charge in [-0.1, -0.05) is 87.5 Å². The molecule has 0 heterocycles. The third kappa shape index (κ3) is 5.24. The lowest BCUT2D eigenvalue weighted by Crippen LogP contribution is -2.40. The van der Waals surface area contributed by atoms with E-state index in [1.54, 1.807) is 0 Å². The van der Waals surface area contributed by atoms with Crippen LogP contribution in [-0.4, -0.2) is 8.32 Å². The van der Waals surface area contributed by atoms with Crippen LogP contribution in [0.5, 0.6) is 0 Å². The Morgan fingerprint density at radius 1 is 0.833 bits per heavy atom. The van der Waals surface area contributed by atoms with Gasteiger partial charge in [-0.25, -0.2) is 0 Å². The predicted molar refractivity (Wildman–Crippen MR) is 108 cm³/mol. The van der Waals surface area contributed by atoms with Crippen molar-refractivity contribution in [3.05, 3.63) is 83.6 Å². The molecule has 0 N–H and O–H groups in total. The quantitative estimate of drug-likeness (QED) is 0.333. The van der Waals surface area contributed by atoms with Gasteiger partial charge in [0.1, 0.15) is 5.76 Å².